The number of carbonyl (C=O) groups is 3. The van der Waals surface area contributed by atoms with Crippen molar-refractivity contribution in [1.82, 2.24) is 0 Å². The zero-order chi connectivity index (χ0) is 59.9. The van der Waals surface area contributed by atoms with Crippen LogP contribution in [0.2, 0.25) is 0 Å². The van der Waals surface area contributed by atoms with Crippen LogP contribution in [0.4, 0.5) is 0 Å². The number of unbranched alkanes of at least 4 members (excludes halogenated alkanes) is 35. The SMILES string of the molecule is CC/C=C\C/C=C\C/C=C\C/C=C\CCCCCCCCCCCCCCCCC(=O)OCC(COC(=O)CCCCCCC/C=C\C/C=C\CCC)OC(=O)CCCCCCCCCCCC/C=C\C/C=C\C/C=C\CCCCCCC. The third-order valence-corrected chi connectivity index (χ3v) is 15.2. The molecule has 0 N–H and O–H groups in total. The molecule has 0 fully saturated rings. The fourth-order valence-electron chi connectivity index (χ4n) is 9.95. The lowest BCUT2D eigenvalue weighted by Gasteiger charge is -2.18. The second-order valence-corrected chi connectivity index (χ2v) is 23.4. The summed E-state index contributed by atoms with van der Waals surface area (Å²) >= 11 is 0. The molecule has 6 nitrogen and oxygen atoms in total. The monoisotopic (exact) mass is 1150 g/mol. The smallest absolute Gasteiger partial charge is 0.306 e. The molecule has 0 radical (unpaired) electrons. The van der Waals surface area contributed by atoms with Gasteiger partial charge in [-0.2, -0.15) is 0 Å². The predicted octanol–water partition coefficient (Wildman–Crippen LogP) is 24.6. The maximum absolute atomic E-state index is 13.0. The molecule has 6 heteroatoms. The third-order valence-electron chi connectivity index (χ3n) is 15.2. The molecule has 1 atom stereocenters. The van der Waals surface area contributed by atoms with Gasteiger partial charge in [0, 0.05) is 19.3 Å². The topological polar surface area (TPSA) is 78.9 Å². The highest BCUT2D eigenvalue weighted by Gasteiger charge is 2.19. The van der Waals surface area contributed by atoms with Crippen LogP contribution in [0.25, 0.3) is 0 Å². The average molecular weight is 1150 g/mol. The molecule has 0 heterocycles. The van der Waals surface area contributed by atoms with E-state index in [1.165, 1.54) is 173 Å². The van der Waals surface area contributed by atoms with Gasteiger partial charge >= 0.3 is 17.9 Å². The van der Waals surface area contributed by atoms with E-state index >= 15 is 0 Å². The Bertz CT molecular complexity index is 1660. The van der Waals surface area contributed by atoms with Gasteiger partial charge in [-0.25, -0.2) is 0 Å². The third kappa shape index (κ3) is 68.7. The molecule has 0 rings (SSSR count). The number of allylic oxidation sites excluding steroid dienone is 18. The van der Waals surface area contributed by atoms with Crippen LogP contribution in [0.15, 0.2) is 109 Å². The predicted molar refractivity (Wildman–Crippen MR) is 362 cm³/mol. The highest BCUT2D eigenvalue weighted by molar-refractivity contribution is 5.71. The molecule has 0 saturated heterocycles. The van der Waals surface area contributed by atoms with Gasteiger partial charge in [0.05, 0.1) is 0 Å². The van der Waals surface area contributed by atoms with Crippen molar-refractivity contribution < 1.29 is 28.6 Å². The minimum absolute atomic E-state index is 0.0834. The fourth-order valence-corrected chi connectivity index (χ4v) is 9.95. The number of ether oxygens (including phenoxy) is 3. The first-order valence-corrected chi connectivity index (χ1v) is 35.4. The van der Waals surface area contributed by atoms with E-state index in [4.69, 9.17) is 14.2 Å². The second-order valence-electron chi connectivity index (χ2n) is 23.4. The van der Waals surface area contributed by atoms with Crippen molar-refractivity contribution in [3.63, 3.8) is 0 Å². The Morgan fingerprint density at radius 2 is 0.494 bits per heavy atom. The zero-order valence-corrected chi connectivity index (χ0v) is 54.7. The Hall–Kier alpha value is -3.93. The van der Waals surface area contributed by atoms with Crippen molar-refractivity contribution in [2.75, 3.05) is 13.2 Å². The quantitative estimate of drug-likeness (QED) is 0.0261. The van der Waals surface area contributed by atoms with Gasteiger partial charge in [-0.05, 0) is 122 Å². The van der Waals surface area contributed by atoms with Gasteiger partial charge in [-0.1, -0.05) is 310 Å². The molecule has 0 aromatic rings. The normalized spacial score (nSPS) is 12.8. The first-order valence-electron chi connectivity index (χ1n) is 35.4. The van der Waals surface area contributed by atoms with E-state index in [9.17, 15) is 14.4 Å². The number of carbonyl (C=O) groups excluding carboxylic acids is 3. The van der Waals surface area contributed by atoms with Crippen LogP contribution in [0.1, 0.15) is 342 Å². The number of esters is 3. The van der Waals surface area contributed by atoms with Gasteiger partial charge in [0.15, 0.2) is 6.10 Å². The summed E-state index contributed by atoms with van der Waals surface area (Å²) in [5.74, 6) is -0.890. The molecular formula is C77H132O6. The average Bonchev–Trinajstić information content (AvgIpc) is 3.49. The minimum atomic E-state index is -0.789. The zero-order valence-electron chi connectivity index (χ0n) is 54.7. The maximum Gasteiger partial charge on any atom is 0.306 e. The van der Waals surface area contributed by atoms with Crippen molar-refractivity contribution in [3.05, 3.63) is 109 Å². The van der Waals surface area contributed by atoms with Crippen LogP contribution in [0.5, 0.6) is 0 Å². The summed E-state index contributed by atoms with van der Waals surface area (Å²) in [6.07, 6.45) is 96.8. The molecule has 0 aromatic carbocycles. The fraction of sp³-hybridized carbons (Fsp3) is 0.727. The number of hydrogen-bond donors (Lipinski definition) is 0. The van der Waals surface area contributed by atoms with E-state index in [1.54, 1.807) is 0 Å². The summed E-state index contributed by atoms with van der Waals surface area (Å²) in [5.41, 5.74) is 0. The molecule has 83 heavy (non-hydrogen) atoms. The molecule has 0 saturated carbocycles. The summed E-state index contributed by atoms with van der Waals surface area (Å²) in [6.45, 7) is 6.47. The summed E-state index contributed by atoms with van der Waals surface area (Å²) < 4.78 is 17.0. The van der Waals surface area contributed by atoms with Gasteiger partial charge in [0.25, 0.3) is 0 Å². The number of rotatable bonds is 64. The van der Waals surface area contributed by atoms with Gasteiger partial charge in [-0.15, -0.1) is 0 Å². The number of hydrogen-bond acceptors (Lipinski definition) is 6. The summed E-state index contributed by atoms with van der Waals surface area (Å²) in [4.78, 5) is 38.4. The Labute approximate surface area is 514 Å². The van der Waals surface area contributed by atoms with Gasteiger partial charge in [-0.3, -0.25) is 14.4 Å². The van der Waals surface area contributed by atoms with Crippen LogP contribution in [0.3, 0.4) is 0 Å². The highest BCUT2D eigenvalue weighted by Crippen LogP contribution is 2.17. The van der Waals surface area contributed by atoms with E-state index in [2.05, 4.69) is 130 Å². The molecule has 1 unspecified atom stereocenters. The van der Waals surface area contributed by atoms with E-state index < -0.39 is 6.10 Å². The lowest BCUT2D eigenvalue weighted by molar-refractivity contribution is -0.167. The Morgan fingerprint density at radius 3 is 0.783 bits per heavy atom. The largest absolute Gasteiger partial charge is 0.462 e. The van der Waals surface area contributed by atoms with Crippen molar-refractivity contribution >= 4 is 17.9 Å². The lowest BCUT2D eigenvalue weighted by Crippen LogP contribution is -2.30. The maximum atomic E-state index is 13.0. The van der Waals surface area contributed by atoms with E-state index in [1.807, 2.05) is 0 Å². The second kappa shape index (κ2) is 70.6. The van der Waals surface area contributed by atoms with E-state index in [-0.39, 0.29) is 31.1 Å². The minimum Gasteiger partial charge on any atom is -0.462 e. The Balaban J connectivity index is 4.29. The van der Waals surface area contributed by atoms with Crippen LogP contribution < -0.4 is 0 Å². The molecular weight excluding hydrogens is 1020 g/mol. The van der Waals surface area contributed by atoms with E-state index in [0.29, 0.717) is 19.3 Å². The van der Waals surface area contributed by atoms with Crippen molar-refractivity contribution in [2.45, 2.75) is 348 Å². The van der Waals surface area contributed by atoms with Crippen LogP contribution in [0, 0.1) is 0 Å². The summed E-state index contributed by atoms with van der Waals surface area (Å²) in [5, 5.41) is 0. The molecule has 0 bridgehead atoms. The lowest BCUT2D eigenvalue weighted by atomic mass is 10.0. The molecule has 0 aliphatic heterocycles. The van der Waals surface area contributed by atoms with Gasteiger partial charge in [0.2, 0.25) is 0 Å². The van der Waals surface area contributed by atoms with Gasteiger partial charge < -0.3 is 14.2 Å². The first kappa shape index (κ1) is 79.1. The molecule has 0 aromatic heterocycles. The molecule has 0 spiro atoms. The highest BCUT2D eigenvalue weighted by atomic mass is 16.6. The van der Waals surface area contributed by atoms with Crippen LogP contribution in [-0.2, 0) is 28.6 Å². The van der Waals surface area contributed by atoms with E-state index in [0.717, 1.165) is 128 Å². The molecule has 476 valence electrons. The van der Waals surface area contributed by atoms with Crippen molar-refractivity contribution in [3.8, 4) is 0 Å². The summed E-state index contributed by atoms with van der Waals surface area (Å²) in [6, 6.07) is 0. The summed E-state index contributed by atoms with van der Waals surface area (Å²) in [7, 11) is 0. The van der Waals surface area contributed by atoms with Crippen molar-refractivity contribution in [1.29, 1.82) is 0 Å². The Kier molecular flexibility index (Phi) is 67.2. The first-order chi connectivity index (χ1) is 41.0. The van der Waals surface area contributed by atoms with Crippen LogP contribution >= 0.6 is 0 Å². The molecule has 0 aliphatic carbocycles. The van der Waals surface area contributed by atoms with Gasteiger partial charge in [0.1, 0.15) is 13.2 Å². The standard InChI is InChI=1S/C77H132O6/c1-4-7-10-13-16-19-22-25-27-29-31-33-35-37-38-40-41-43-45-47-49-52-55-58-61-64-67-70-76(79)82-73-74(72-81-75(78)69-66-63-60-57-54-51-24-21-18-15-12-9-6-3)83-77(80)71-68-65-62-59-56-53-50-48-46-44-42-39-36-34-32-30-28-26-23-20-17-14-11-8-5-2/h7,10,12,15-16,19,21,23-27,30-33,36,39,74H,4-6,8-9,11,13-14,17-18,20,22,28-29,34-35,37-38,40-73H2,1-3H3/b10-7-,15-12-,19-16-,24-21-,26-23-,27-25-,32-30-,33-31-,39-36-. The van der Waals surface area contributed by atoms with Crippen LogP contribution in [-0.4, -0.2) is 37.2 Å². The molecule has 0 amide bonds. The molecule has 0 aliphatic rings. The van der Waals surface area contributed by atoms with Crippen molar-refractivity contribution in [2.24, 2.45) is 0 Å². The Morgan fingerprint density at radius 1 is 0.253 bits per heavy atom.